The second kappa shape index (κ2) is 6.66. The zero-order chi connectivity index (χ0) is 14.5. The summed E-state index contributed by atoms with van der Waals surface area (Å²) < 4.78 is 4.95. The van der Waals surface area contributed by atoms with E-state index in [-0.39, 0.29) is 18.2 Å². The molecule has 1 aromatic carbocycles. The topological polar surface area (TPSA) is 55.4 Å². The first-order valence-electron chi connectivity index (χ1n) is 7.12. The van der Waals surface area contributed by atoms with Gasteiger partial charge in [-0.25, -0.2) is 0 Å². The minimum absolute atomic E-state index is 0.0371. The average molecular weight is 275 g/mol. The minimum atomic E-state index is -0.482. The largest absolute Gasteiger partial charge is 0.466 e. The van der Waals surface area contributed by atoms with Gasteiger partial charge in [-0.2, -0.15) is 0 Å². The van der Waals surface area contributed by atoms with Gasteiger partial charge in [0.2, 0.25) is 0 Å². The average Bonchev–Trinajstić information content (AvgIpc) is 3.22. The number of aryl methyl sites for hydroxylation is 1. The van der Waals surface area contributed by atoms with Gasteiger partial charge in [-0.1, -0.05) is 29.8 Å². The molecule has 1 unspecified atom stereocenters. The number of esters is 1. The summed E-state index contributed by atoms with van der Waals surface area (Å²) in [5.74, 6) is -0.365. The van der Waals surface area contributed by atoms with E-state index < -0.39 is 6.04 Å². The molecule has 1 fully saturated rings. The van der Waals surface area contributed by atoms with Gasteiger partial charge in [-0.15, -0.1) is 0 Å². The van der Waals surface area contributed by atoms with Crippen molar-refractivity contribution in [2.75, 3.05) is 6.61 Å². The zero-order valence-corrected chi connectivity index (χ0v) is 12.0. The van der Waals surface area contributed by atoms with Gasteiger partial charge in [0.15, 0.2) is 5.78 Å². The Morgan fingerprint density at radius 3 is 2.50 bits per heavy atom. The summed E-state index contributed by atoms with van der Waals surface area (Å²) in [6, 6.07) is 7.32. The normalized spacial score (nSPS) is 15.7. The Balaban J connectivity index is 2.06. The van der Waals surface area contributed by atoms with Crippen LogP contribution in [-0.4, -0.2) is 30.4 Å². The van der Waals surface area contributed by atoms with Crippen molar-refractivity contribution < 1.29 is 14.3 Å². The first kappa shape index (κ1) is 14.7. The van der Waals surface area contributed by atoms with Crippen molar-refractivity contribution in [1.82, 2.24) is 5.32 Å². The third-order valence-corrected chi connectivity index (χ3v) is 3.34. The minimum Gasteiger partial charge on any atom is -0.466 e. The van der Waals surface area contributed by atoms with Crippen LogP contribution in [0.15, 0.2) is 24.3 Å². The van der Waals surface area contributed by atoms with E-state index in [1.54, 1.807) is 6.92 Å². The van der Waals surface area contributed by atoms with Gasteiger partial charge in [-0.05, 0) is 26.7 Å². The number of ketones is 1. The number of carbonyl (C=O) groups is 2. The summed E-state index contributed by atoms with van der Waals surface area (Å²) in [6.45, 7) is 4.09. The standard InChI is InChI=1S/C16H21NO3/c1-3-20-15(18)10-14(17-13-8-9-13)16(19)12-6-4-11(2)5-7-12/h4-7,13-14,17H,3,8-10H2,1-2H3. The highest BCUT2D eigenvalue weighted by Gasteiger charge is 2.30. The van der Waals surface area contributed by atoms with Gasteiger partial charge in [0.05, 0.1) is 19.1 Å². The molecule has 0 bridgehead atoms. The van der Waals surface area contributed by atoms with E-state index >= 15 is 0 Å². The third kappa shape index (κ3) is 4.17. The fourth-order valence-corrected chi connectivity index (χ4v) is 2.07. The Kier molecular flexibility index (Phi) is 4.90. The molecule has 4 heteroatoms. The summed E-state index contributed by atoms with van der Waals surface area (Å²) in [5, 5.41) is 3.24. The molecule has 0 amide bonds. The van der Waals surface area contributed by atoms with Crippen molar-refractivity contribution in [2.45, 2.75) is 45.2 Å². The second-order valence-corrected chi connectivity index (χ2v) is 5.23. The fourth-order valence-electron chi connectivity index (χ4n) is 2.07. The maximum Gasteiger partial charge on any atom is 0.307 e. The molecule has 20 heavy (non-hydrogen) atoms. The second-order valence-electron chi connectivity index (χ2n) is 5.23. The number of benzene rings is 1. The SMILES string of the molecule is CCOC(=O)CC(NC1CC1)C(=O)c1ccc(C)cc1. The molecular weight excluding hydrogens is 254 g/mol. The van der Waals surface area contributed by atoms with Gasteiger partial charge in [0, 0.05) is 11.6 Å². The molecule has 1 aromatic rings. The summed E-state index contributed by atoms with van der Waals surface area (Å²) in [6.07, 6.45) is 2.23. The lowest BCUT2D eigenvalue weighted by molar-refractivity contribution is -0.143. The number of Topliss-reactive ketones (excluding diaryl/α,β-unsaturated/α-hetero) is 1. The number of hydrogen-bond acceptors (Lipinski definition) is 4. The Morgan fingerprint density at radius 1 is 1.30 bits per heavy atom. The molecule has 1 N–H and O–H groups in total. The highest BCUT2D eigenvalue weighted by atomic mass is 16.5. The molecule has 0 spiro atoms. The van der Waals surface area contributed by atoms with Crippen molar-refractivity contribution in [3.63, 3.8) is 0 Å². The number of carbonyl (C=O) groups excluding carboxylic acids is 2. The zero-order valence-electron chi connectivity index (χ0n) is 12.0. The number of nitrogens with one attached hydrogen (secondary N) is 1. The molecule has 1 aliphatic carbocycles. The van der Waals surface area contributed by atoms with E-state index in [0.29, 0.717) is 18.2 Å². The number of rotatable bonds is 7. The molecular formula is C16H21NO3. The van der Waals surface area contributed by atoms with E-state index in [1.165, 1.54) is 0 Å². The van der Waals surface area contributed by atoms with Crippen molar-refractivity contribution in [1.29, 1.82) is 0 Å². The van der Waals surface area contributed by atoms with Gasteiger partial charge in [-0.3, -0.25) is 9.59 Å². The van der Waals surface area contributed by atoms with E-state index in [2.05, 4.69) is 5.32 Å². The lowest BCUT2D eigenvalue weighted by atomic mass is 10.0. The van der Waals surface area contributed by atoms with Crippen molar-refractivity contribution >= 4 is 11.8 Å². The van der Waals surface area contributed by atoms with E-state index in [1.807, 2.05) is 31.2 Å². The van der Waals surface area contributed by atoms with Crippen LogP contribution in [0, 0.1) is 6.92 Å². The molecule has 4 nitrogen and oxygen atoms in total. The molecule has 0 aliphatic heterocycles. The van der Waals surface area contributed by atoms with E-state index in [0.717, 1.165) is 18.4 Å². The smallest absolute Gasteiger partial charge is 0.307 e. The molecule has 108 valence electrons. The first-order valence-corrected chi connectivity index (χ1v) is 7.12. The fraction of sp³-hybridized carbons (Fsp3) is 0.500. The van der Waals surface area contributed by atoms with Crippen LogP contribution in [0.25, 0.3) is 0 Å². The van der Waals surface area contributed by atoms with Crippen molar-refractivity contribution in [3.05, 3.63) is 35.4 Å². The molecule has 2 rings (SSSR count). The van der Waals surface area contributed by atoms with Crippen LogP contribution >= 0.6 is 0 Å². The molecule has 1 atom stereocenters. The van der Waals surface area contributed by atoms with Crippen molar-refractivity contribution in [3.8, 4) is 0 Å². The third-order valence-electron chi connectivity index (χ3n) is 3.34. The maximum atomic E-state index is 12.5. The van der Waals surface area contributed by atoms with Crippen LogP contribution in [0.4, 0.5) is 0 Å². The van der Waals surface area contributed by atoms with Gasteiger partial charge < -0.3 is 10.1 Å². The number of ether oxygens (including phenoxy) is 1. The molecule has 1 saturated carbocycles. The van der Waals surface area contributed by atoms with Crippen LogP contribution in [0.1, 0.15) is 42.1 Å². The van der Waals surface area contributed by atoms with E-state index in [4.69, 9.17) is 4.74 Å². The highest BCUT2D eigenvalue weighted by Crippen LogP contribution is 2.21. The van der Waals surface area contributed by atoms with Gasteiger partial charge >= 0.3 is 5.97 Å². The van der Waals surface area contributed by atoms with Crippen molar-refractivity contribution in [2.24, 2.45) is 0 Å². The predicted octanol–water partition coefficient (Wildman–Crippen LogP) is 2.25. The molecule has 0 aromatic heterocycles. The lowest BCUT2D eigenvalue weighted by Crippen LogP contribution is -2.40. The Morgan fingerprint density at radius 2 is 1.95 bits per heavy atom. The lowest BCUT2D eigenvalue weighted by Gasteiger charge is -2.16. The molecule has 0 heterocycles. The Labute approximate surface area is 119 Å². The summed E-state index contributed by atoms with van der Waals surface area (Å²) in [5.41, 5.74) is 1.75. The molecule has 0 saturated heterocycles. The monoisotopic (exact) mass is 275 g/mol. The van der Waals surface area contributed by atoms with Crippen LogP contribution in [0.5, 0.6) is 0 Å². The summed E-state index contributed by atoms with van der Waals surface area (Å²) in [7, 11) is 0. The van der Waals surface area contributed by atoms with Crippen LogP contribution in [0.3, 0.4) is 0 Å². The van der Waals surface area contributed by atoms with Crippen LogP contribution < -0.4 is 5.32 Å². The van der Waals surface area contributed by atoms with Gasteiger partial charge in [0.25, 0.3) is 0 Å². The predicted molar refractivity (Wildman–Crippen MR) is 76.7 cm³/mol. The van der Waals surface area contributed by atoms with Gasteiger partial charge in [0.1, 0.15) is 0 Å². The Bertz CT molecular complexity index is 477. The molecule has 0 radical (unpaired) electrons. The highest BCUT2D eigenvalue weighted by molar-refractivity contribution is 6.01. The van der Waals surface area contributed by atoms with Crippen LogP contribution in [0.2, 0.25) is 0 Å². The quantitative estimate of drug-likeness (QED) is 0.612. The number of hydrogen-bond donors (Lipinski definition) is 1. The van der Waals surface area contributed by atoms with E-state index in [9.17, 15) is 9.59 Å². The Hall–Kier alpha value is -1.68. The summed E-state index contributed by atoms with van der Waals surface area (Å²) >= 11 is 0. The first-order chi connectivity index (χ1) is 9.60. The summed E-state index contributed by atoms with van der Waals surface area (Å²) in [4.78, 5) is 24.1. The van der Waals surface area contributed by atoms with Crippen LogP contribution in [-0.2, 0) is 9.53 Å². The maximum absolute atomic E-state index is 12.5. The molecule has 1 aliphatic rings.